The first kappa shape index (κ1) is 20.0. The Morgan fingerprint density at radius 3 is 2.40 bits per heavy atom. The summed E-state index contributed by atoms with van der Waals surface area (Å²) in [7, 11) is 6.44. The van der Waals surface area contributed by atoms with Crippen molar-refractivity contribution >= 4 is 23.1 Å². The van der Waals surface area contributed by atoms with E-state index in [1.807, 2.05) is 37.3 Å². The predicted octanol–water partition coefficient (Wildman–Crippen LogP) is 1.38. The molecule has 0 aliphatic rings. The van der Waals surface area contributed by atoms with Crippen molar-refractivity contribution in [1.82, 2.24) is 13.9 Å². The van der Waals surface area contributed by atoms with Crippen LogP contribution in [0.5, 0.6) is 5.75 Å². The fourth-order valence-corrected chi connectivity index (χ4v) is 3.23. The molecule has 0 unspecified atom stereocenters. The summed E-state index contributed by atoms with van der Waals surface area (Å²) >= 11 is 6.22. The second-order valence-electron chi connectivity index (χ2n) is 6.91. The maximum Gasteiger partial charge on any atom is 0.235 e. The Morgan fingerprint density at radius 1 is 1.08 bits per heavy atom. The molecule has 4 nitrogen and oxygen atoms in total. The lowest BCUT2D eigenvalue weighted by atomic mass is 10.2. The maximum absolute atomic E-state index is 6.22. The van der Waals surface area contributed by atoms with Gasteiger partial charge in [-0.05, 0) is 32.0 Å². The van der Waals surface area contributed by atoms with Gasteiger partial charge in [0.15, 0.2) is 11.4 Å². The van der Waals surface area contributed by atoms with Crippen LogP contribution in [0.3, 0.4) is 0 Å². The second-order valence-corrected chi connectivity index (χ2v) is 7.32. The highest BCUT2D eigenvalue weighted by Crippen LogP contribution is 2.31. The van der Waals surface area contributed by atoms with Gasteiger partial charge in [0.05, 0.1) is 21.1 Å². The van der Waals surface area contributed by atoms with Crippen molar-refractivity contribution in [2.75, 3.05) is 21.1 Å². The molecule has 134 valence electrons. The Bertz CT molecular complexity index is 900. The molecule has 0 radical (unpaired) electrons. The van der Waals surface area contributed by atoms with E-state index in [4.69, 9.17) is 21.3 Å². The number of imidazole rings is 1. The fraction of sp³-hybridized carbons (Fsp3) is 0.316. The Balaban J connectivity index is 0.00000225. The van der Waals surface area contributed by atoms with Gasteiger partial charge in [-0.2, -0.15) is 0 Å². The van der Waals surface area contributed by atoms with Gasteiger partial charge in [-0.3, -0.25) is 4.48 Å². The van der Waals surface area contributed by atoms with Gasteiger partial charge in [0, 0.05) is 16.3 Å². The molecule has 0 atom stereocenters. The van der Waals surface area contributed by atoms with Crippen molar-refractivity contribution in [2.24, 2.45) is 0 Å². The molecule has 25 heavy (non-hydrogen) atoms. The van der Waals surface area contributed by atoms with E-state index >= 15 is 0 Å². The van der Waals surface area contributed by atoms with Crippen LogP contribution in [0.1, 0.15) is 17.0 Å². The third-order valence-corrected chi connectivity index (χ3v) is 4.41. The van der Waals surface area contributed by atoms with Crippen LogP contribution < -0.4 is 33.2 Å². The van der Waals surface area contributed by atoms with Crippen LogP contribution >= 0.6 is 11.6 Å². The molecule has 0 fully saturated rings. The van der Waals surface area contributed by atoms with E-state index in [2.05, 4.69) is 38.5 Å². The van der Waals surface area contributed by atoms with Gasteiger partial charge in [-0.15, -0.1) is 0 Å². The van der Waals surface area contributed by atoms with Gasteiger partial charge in [-0.25, -0.2) is 9.38 Å². The van der Waals surface area contributed by atoms with Crippen molar-refractivity contribution < 1.29 is 28.7 Å². The number of halogens is 2. The summed E-state index contributed by atoms with van der Waals surface area (Å²) in [5.74, 6) is 1.93. The highest BCUT2D eigenvalue weighted by atomic mass is 127. The number of fused-ring (bicyclic) bond motifs is 1. The molecule has 0 aliphatic heterocycles. The van der Waals surface area contributed by atoms with E-state index in [1.54, 1.807) is 0 Å². The lowest BCUT2D eigenvalue weighted by molar-refractivity contribution is -0.00000566. The van der Waals surface area contributed by atoms with Crippen LogP contribution in [0.15, 0.2) is 36.4 Å². The van der Waals surface area contributed by atoms with E-state index in [0.717, 1.165) is 34.2 Å². The van der Waals surface area contributed by atoms with Gasteiger partial charge >= 0.3 is 0 Å². The minimum absolute atomic E-state index is 0. The van der Waals surface area contributed by atoms with E-state index in [1.165, 1.54) is 0 Å². The quantitative estimate of drug-likeness (QED) is 0.425. The van der Waals surface area contributed by atoms with Gasteiger partial charge in [0.2, 0.25) is 5.82 Å². The minimum atomic E-state index is 0. The number of hydrogen-bond acceptors (Lipinski definition) is 2. The molecule has 3 rings (SSSR count). The number of hydrogen-bond donors (Lipinski definition) is 0. The Kier molecular flexibility index (Phi) is 6.01. The largest absolute Gasteiger partial charge is 1.00 e. The van der Waals surface area contributed by atoms with Crippen molar-refractivity contribution in [1.29, 1.82) is 0 Å². The average Bonchev–Trinajstić information content (AvgIpc) is 2.86. The lowest BCUT2D eigenvalue weighted by Crippen LogP contribution is -3.00. The predicted molar refractivity (Wildman–Crippen MR) is 100 cm³/mol. The van der Waals surface area contributed by atoms with Crippen LogP contribution in [-0.2, 0) is 6.61 Å². The van der Waals surface area contributed by atoms with Crippen molar-refractivity contribution in [3.63, 3.8) is 0 Å². The number of aromatic nitrogens is 2. The van der Waals surface area contributed by atoms with Gasteiger partial charge in [-0.1, -0.05) is 29.8 Å². The van der Waals surface area contributed by atoms with Crippen LogP contribution in [-0.4, -0.2) is 30.5 Å². The van der Waals surface area contributed by atoms with Gasteiger partial charge < -0.3 is 28.7 Å². The van der Waals surface area contributed by atoms with Crippen LogP contribution in [0.25, 0.3) is 5.65 Å². The summed E-state index contributed by atoms with van der Waals surface area (Å²) in [4.78, 5) is 4.76. The highest BCUT2D eigenvalue weighted by Gasteiger charge is 2.25. The Hall–Kier alpha value is -1.31. The zero-order valence-electron chi connectivity index (χ0n) is 15.2. The number of pyridine rings is 1. The molecule has 0 aliphatic carbocycles. The third-order valence-electron chi connectivity index (χ3n) is 4.05. The first-order chi connectivity index (χ1) is 11.3. The summed E-state index contributed by atoms with van der Waals surface area (Å²) in [6, 6.07) is 11.8. The van der Waals surface area contributed by atoms with Gasteiger partial charge in [0.1, 0.15) is 12.3 Å². The number of quaternary nitrogens is 1. The van der Waals surface area contributed by atoms with Crippen molar-refractivity contribution in [3.8, 4) is 5.75 Å². The lowest BCUT2D eigenvalue weighted by Gasteiger charge is -2.24. The smallest absolute Gasteiger partial charge is 0.235 e. The summed E-state index contributed by atoms with van der Waals surface area (Å²) in [5.41, 5.74) is 3.97. The standard InChI is InChI=1S/C19H23ClN3O.HI/c1-13-10-11-17(24-12-15-8-6-7-9-16(15)20)18-21-14(2)19(22(13)18)23(3,4)5;/h6-11H,12H2,1-5H3;1H/q+1;/p-1. The fourth-order valence-electron chi connectivity index (χ4n) is 3.03. The zero-order chi connectivity index (χ0) is 17.5. The monoisotopic (exact) mass is 471 g/mol. The van der Waals surface area contributed by atoms with Crippen molar-refractivity contribution in [3.05, 3.63) is 58.4 Å². The molecule has 1 aromatic carbocycles. The first-order valence-electron chi connectivity index (χ1n) is 7.96. The topological polar surface area (TPSA) is 26.5 Å². The first-order valence-corrected chi connectivity index (χ1v) is 8.33. The second kappa shape index (κ2) is 7.51. The van der Waals surface area contributed by atoms with E-state index in [9.17, 15) is 0 Å². The molecule has 6 heteroatoms. The molecule has 2 aromatic heterocycles. The minimum Gasteiger partial charge on any atom is -1.00 e. The zero-order valence-corrected chi connectivity index (χ0v) is 18.1. The number of benzene rings is 1. The SMILES string of the molecule is Cc1nc2c(OCc3ccccc3Cl)ccc(C)n2c1[N+](C)(C)C.[I-]. The third kappa shape index (κ3) is 3.93. The number of ether oxygens (including phenoxy) is 1. The summed E-state index contributed by atoms with van der Waals surface area (Å²) in [5, 5.41) is 0.715. The molecule has 0 saturated heterocycles. The molecule has 0 spiro atoms. The van der Waals surface area contributed by atoms with Gasteiger partial charge in [0.25, 0.3) is 0 Å². The number of rotatable bonds is 4. The molecule has 0 N–H and O–H groups in total. The summed E-state index contributed by atoms with van der Waals surface area (Å²) in [6.07, 6.45) is 0. The summed E-state index contributed by atoms with van der Waals surface area (Å²) < 4.78 is 8.92. The molecular weight excluding hydrogens is 449 g/mol. The van der Waals surface area contributed by atoms with Crippen LogP contribution in [0.4, 0.5) is 5.82 Å². The van der Waals surface area contributed by atoms with E-state index in [-0.39, 0.29) is 24.0 Å². The normalized spacial score (nSPS) is 11.4. The molecule has 0 bridgehead atoms. The maximum atomic E-state index is 6.22. The molecule has 3 aromatic rings. The molecule has 2 heterocycles. The van der Waals surface area contributed by atoms with E-state index < -0.39 is 0 Å². The van der Waals surface area contributed by atoms with Crippen LogP contribution in [0.2, 0.25) is 5.02 Å². The van der Waals surface area contributed by atoms with E-state index in [0.29, 0.717) is 16.1 Å². The molecule has 0 saturated carbocycles. The number of aryl methyl sites for hydroxylation is 2. The average molecular weight is 472 g/mol. The Labute approximate surface area is 171 Å². The Morgan fingerprint density at radius 2 is 1.76 bits per heavy atom. The van der Waals surface area contributed by atoms with Crippen LogP contribution in [0, 0.1) is 13.8 Å². The van der Waals surface area contributed by atoms with Crippen molar-refractivity contribution in [2.45, 2.75) is 20.5 Å². The highest BCUT2D eigenvalue weighted by molar-refractivity contribution is 6.31. The molecule has 0 amide bonds. The molecular formula is C19H23ClIN3O. The number of nitrogens with zero attached hydrogens (tertiary/aromatic N) is 3. The summed E-state index contributed by atoms with van der Waals surface area (Å²) in [6.45, 7) is 4.55.